The van der Waals surface area contributed by atoms with Gasteiger partial charge in [-0.15, -0.1) is 0 Å². The van der Waals surface area contributed by atoms with Crippen molar-refractivity contribution in [3.63, 3.8) is 0 Å². The van der Waals surface area contributed by atoms with Crippen LogP contribution in [0.15, 0.2) is 6.20 Å². The van der Waals surface area contributed by atoms with Gasteiger partial charge in [0.1, 0.15) is 11.4 Å². The molecule has 0 aliphatic heterocycles. The molecule has 0 saturated heterocycles. The van der Waals surface area contributed by atoms with E-state index in [0.717, 1.165) is 0 Å². The van der Waals surface area contributed by atoms with Crippen LogP contribution >= 0.6 is 11.6 Å². The number of rotatable bonds is 6. The van der Waals surface area contributed by atoms with E-state index in [1.165, 1.54) is 22.5 Å². The second-order valence-electron chi connectivity index (χ2n) is 5.98. The van der Waals surface area contributed by atoms with Gasteiger partial charge in [0.25, 0.3) is 5.91 Å². The van der Waals surface area contributed by atoms with Crippen LogP contribution in [0, 0.1) is 29.9 Å². The largest absolute Gasteiger partial charge is 0.312 e. The van der Waals surface area contributed by atoms with Crippen LogP contribution in [0.2, 0.25) is 5.02 Å². The Hall–Kier alpha value is -2.95. The van der Waals surface area contributed by atoms with E-state index >= 15 is 0 Å². The van der Waals surface area contributed by atoms with E-state index in [1.807, 2.05) is 6.92 Å². The highest BCUT2D eigenvalue weighted by Crippen LogP contribution is 2.22. The van der Waals surface area contributed by atoms with Gasteiger partial charge in [-0.3, -0.25) is 39.9 Å². The highest BCUT2D eigenvalue weighted by Gasteiger charge is 2.24. The second kappa shape index (κ2) is 8.16. The number of nitro groups is 1. The van der Waals surface area contributed by atoms with Gasteiger partial charge in [-0.25, -0.2) is 0 Å². The van der Waals surface area contributed by atoms with Crippen molar-refractivity contribution in [2.45, 2.75) is 40.8 Å². The Morgan fingerprint density at radius 3 is 2.52 bits per heavy atom. The van der Waals surface area contributed by atoms with Crippen molar-refractivity contribution in [3.05, 3.63) is 38.4 Å². The number of halogens is 1. The number of carbonyl (C=O) groups excluding carboxylic acids is 2. The molecule has 0 aliphatic rings. The predicted molar refractivity (Wildman–Crippen MR) is 96.0 cm³/mol. The molecular weight excluding hydrogens is 378 g/mol. The van der Waals surface area contributed by atoms with Crippen molar-refractivity contribution in [2.75, 3.05) is 0 Å². The number of aryl methyl sites for hydroxylation is 2. The minimum absolute atomic E-state index is 0.000593. The van der Waals surface area contributed by atoms with Gasteiger partial charge >= 0.3 is 5.69 Å². The Kier molecular flexibility index (Phi) is 6.16. The monoisotopic (exact) mass is 397 g/mol. The third-order valence-electron chi connectivity index (χ3n) is 3.98. The summed E-state index contributed by atoms with van der Waals surface area (Å²) in [6, 6.07) is 0. The highest BCUT2D eigenvalue weighted by molar-refractivity contribution is 6.33. The Labute approximate surface area is 159 Å². The number of hydrogen-bond donors (Lipinski definition) is 2. The molecule has 2 heterocycles. The number of carbonyl (C=O) groups is 2. The molecule has 0 saturated carbocycles. The molecule has 2 N–H and O–H groups in total. The Balaban J connectivity index is 1.98. The van der Waals surface area contributed by atoms with Crippen LogP contribution in [-0.4, -0.2) is 36.3 Å². The van der Waals surface area contributed by atoms with Gasteiger partial charge in [0.15, 0.2) is 5.69 Å². The van der Waals surface area contributed by atoms with Crippen LogP contribution in [0.5, 0.6) is 0 Å². The average Bonchev–Trinajstić information content (AvgIpc) is 3.11. The fourth-order valence-corrected chi connectivity index (χ4v) is 2.72. The Morgan fingerprint density at radius 2 is 2.00 bits per heavy atom. The summed E-state index contributed by atoms with van der Waals surface area (Å²) in [5, 5.41) is 19.3. The Bertz CT molecular complexity index is 889. The molecule has 2 aromatic heterocycles. The van der Waals surface area contributed by atoms with E-state index in [4.69, 9.17) is 11.6 Å². The van der Waals surface area contributed by atoms with Crippen molar-refractivity contribution in [1.29, 1.82) is 0 Å². The lowest BCUT2D eigenvalue weighted by Crippen LogP contribution is -2.45. The summed E-state index contributed by atoms with van der Waals surface area (Å²) in [4.78, 5) is 34.8. The normalized spacial score (nSPS) is 11.9. The van der Waals surface area contributed by atoms with Crippen LogP contribution in [0.25, 0.3) is 0 Å². The zero-order chi connectivity index (χ0) is 20.3. The highest BCUT2D eigenvalue weighted by atomic mass is 35.5. The number of hydrogen-bond acceptors (Lipinski definition) is 6. The van der Waals surface area contributed by atoms with Gasteiger partial charge in [-0.1, -0.05) is 18.5 Å². The molecule has 0 aromatic carbocycles. The summed E-state index contributed by atoms with van der Waals surface area (Å²) in [6.07, 6.45) is 1.51. The number of nitrogens with one attached hydrogen (secondary N) is 2. The third-order valence-corrected chi connectivity index (χ3v) is 4.25. The summed E-state index contributed by atoms with van der Waals surface area (Å²) >= 11 is 5.94. The number of amides is 2. The summed E-state index contributed by atoms with van der Waals surface area (Å²) in [7, 11) is 0. The minimum atomic E-state index is -0.644. The van der Waals surface area contributed by atoms with Crippen molar-refractivity contribution in [3.8, 4) is 0 Å². The van der Waals surface area contributed by atoms with Crippen molar-refractivity contribution < 1.29 is 14.5 Å². The maximum absolute atomic E-state index is 12.2. The molecule has 1 atom stereocenters. The van der Waals surface area contributed by atoms with Gasteiger partial charge < -0.3 is 0 Å². The Morgan fingerprint density at radius 1 is 1.33 bits per heavy atom. The lowest BCUT2D eigenvalue weighted by molar-refractivity contribution is -0.386. The maximum atomic E-state index is 12.2. The molecule has 11 nitrogen and oxygen atoms in total. The van der Waals surface area contributed by atoms with E-state index < -0.39 is 22.7 Å². The molecule has 0 bridgehead atoms. The minimum Gasteiger partial charge on any atom is -0.273 e. The molecule has 27 heavy (non-hydrogen) atoms. The first-order valence-corrected chi connectivity index (χ1v) is 8.55. The quantitative estimate of drug-likeness (QED) is 0.558. The lowest BCUT2D eigenvalue weighted by Gasteiger charge is -2.13. The molecule has 0 aliphatic carbocycles. The number of aromatic nitrogens is 4. The molecule has 2 amide bonds. The maximum Gasteiger partial charge on any atom is 0.312 e. The van der Waals surface area contributed by atoms with E-state index in [2.05, 4.69) is 21.0 Å². The molecule has 12 heteroatoms. The summed E-state index contributed by atoms with van der Waals surface area (Å²) in [5.41, 5.74) is 5.12. The van der Waals surface area contributed by atoms with Crippen molar-refractivity contribution in [1.82, 2.24) is 30.4 Å². The van der Waals surface area contributed by atoms with Crippen molar-refractivity contribution in [2.24, 2.45) is 5.92 Å². The molecule has 2 aromatic rings. The van der Waals surface area contributed by atoms with E-state index in [-0.39, 0.29) is 28.6 Å². The van der Waals surface area contributed by atoms with E-state index in [0.29, 0.717) is 12.2 Å². The summed E-state index contributed by atoms with van der Waals surface area (Å²) in [6.45, 7) is 7.22. The molecule has 0 spiro atoms. The fourth-order valence-electron chi connectivity index (χ4n) is 2.49. The third kappa shape index (κ3) is 4.42. The molecule has 146 valence electrons. The lowest BCUT2D eigenvalue weighted by atomic mass is 10.1. The summed E-state index contributed by atoms with van der Waals surface area (Å²) in [5.74, 6) is -1.73. The average molecular weight is 398 g/mol. The summed E-state index contributed by atoms with van der Waals surface area (Å²) < 4.78 is 2.90. The molecule has 0 radical (unpaired) electrons. The van der Waals surface area contributed by atoms with Gasteiger partial charge in [-0.2, -0.15) is 10.2 Å². The predicted octanol–water partition coefficient (Wildman–Crippen LogP) is 1.38. The van der Waals surface area contributed by atoms with Crippen LogP contribution in [-0.2, 0) is 17.9 Å². The zero-order valence-corrected chi connectivity index (χ0v) is 16.1. The number of nitrogens with zero attached hydrogens (tertiary/aromatic N) is 5. The fraction of sp³-hybridized carbons (Fsp3) is 0.467. The van der Waals surface area contributed by atoms with Crippen molar-refractivity contribution >= 4 is 29.1 Å². The smallest absolute Gasteiger partial charge is 0.273 e. The zero-order valence-electron chi connectivity index (χ0n) is 15.3. The van der Waals surface area contributed by atoms with Gasteiger partial charge in [0.2, 0.25) is 5.91 Å². The van der Waals surface area contributed by atoms with Crippen LogP contribution in [0.1, 0.15) is 35.7 Å². The van der Waals surface area contributed by atoms with Crippen LogP contribution in [0.4, 0.5) is 5.69 Å². The number of hydrazine groups is 1. The van der Waals surface area contributed by atoms with Gasteiger partial charge in [-0.05, 0) is 20.8 Å². The van der Waals surface area contributed by atoms with E-state index in [1.54, 1.807) is 13.8 Å². The van der Waals surface area contributed by atoms with Gasteiger partial charge in [0.05, 0.1) is 22.4 Å². The second-order valence-corrected chi connectivity index (χ2v) is 6.39. The first kappa shape index (κ1) is 20.4. The first-order valence-electron chi connectivity index (χ1n) is 8.17. The van der Waals surface area contributed by atoms with Crippen LogP contribution in [0.3, 0.4) is 0 Å². The molecule has 1 unspecified atom stereocenters. The molecular formula is C15H20ClN7O4. The first-order chi connectivity index (χ1) is 12.6. The molecule has 0 fully saturated rings. The van der Waals surface area contributed by atoms with Crippen LogP contribution < -0.4 is 10.9 Å². The molecule has 2 rings (SSSR count). The topological polar surface area (TPSA) is 137 Å². The standard InChI is InChI=1S/C15H20ClN7O4/c1-5-21-7-11(16)12(20-21)15(25)18-17-14(24)8(2)6-22-10(4)13(23(26)27)9(3)19-22/h7-8H,5-6H2,1-4H3,(H,17,24)(H,18,25). The SMILES string of the molecule is CCn1cc(Cl)c(C(=O)NNC(=O)C(C)Cn2nc(C)c([N+](=O)[O-])c2C)n1. The van der Waals surface area contributed by atoms with Gasteiger partial charge in [0, 0.05) is 12.7 Å². The van der Waals surface area contributed by atoms with E-state index in [9.17, 15) is 19.7 Å².